The highest BCUT2D eigenvalue weighted by molar-refractivity contribution is 9.10. The van der Waals surface area contributed by atoms with Gasteiger partial charge in [0.1, 0.15) is 12.4 Å². The molecule has 4 heteroatoms. The van der Waals surface area contributed by atoms with Crippen LogP contribution in [-0.2, 0) is 11.4 Å². The molecule has 2 rings (SSSR count). The van der Waals surface area contributed by atoms with E-state index in [1.165, 1.54) is 0 Å². The second kappa shape index (κ2) is 7.70. The van der Waals surface area contributed by atoms with Crippen molar-refractivity contribution in [2.45, 2.75) is 13.5 Å². The van der Waals surface area contributed by atoms with Crippen molar-refractivity contribution >= 4 is 22.1 Å². The van der Waals surface area contributed by atoms with E-state index in [9.17, 15) is 0 Å². The summed E-state index contributed by atoms with van der Waals surface area (Å²) >= 11 is 3.39. The van der Waals surface area contributed by atoms with E-state index in [0.29, 0.717) is 13.2 Å². The second-order valence-corrected chi connectivity index (χ2v) is 5.02. The van der Waals surface area contributed by atoms with Gasteiger partial charge in [0.05, 0.1) is 12.8 Å². The van der Waals surface area contributed by atoms with Crippen LogP contribution in [-0.4, -0.2) is 12.8 Å². The number of rotatable bonds is 6. The lowest BCUT2D eigenvalue weighted by Crippen LogP contribution is -1.97. The van der Waals surface area contributed by atoms with E-state index in [0.717, 1.165) is 21.3 Å². The van der Waals surface area contributed by atoms with Gasteiger partial charge >= 0.3 is 0 Å². The van der Waals surface area contributed by atoms with Crippen LogP contribution < -0.4 is 4.74 Å². The fourth-order valence-electron chi connectivity index (χ4n) is 1.67. The molecule has 0 radical (unpaired) electrons. The van der Waals surface area contributed by atoms with E-state index < -0.39 is 0 Å². The molecule has 0 saturated heterocycles. The molecule has 0 N–H and O–H groups in total. The van der Waals surface area contributed by atoms with Crippen molar-refractivity contribution in [3.63, 3.8) is 0 Å². The Kier molecular flexibility index (Phi) is 5.62. The minimum absolute atomic E-state index is 0.392. The van der Waals surface area contributed by atoms with Gasteiger partial charge in [-0.05, 0) is 30.7 Å². The fraction of sp³-hybridized carbons (Fsp3) is 0.188. The molecule has 0 fully saturated rings. The van der Waals surface area contributed by atoms with Gasteiger partial charge in [-0.15, -0.1) is 0 Å². The first-order valence-electron chi connectivity index (χ1n) is 6.41. The number of benzene rings is 2. The van der Waals surface area contributed by atoms with Gasteiger partial charge < -0.3 is 9.57 Å². The summed E-state index contributed by atoms with van der Waals surface area (Å²) in [6.45, 7) is 2.99. The van der Waals surface area contributed by atoms with Crippen molar-refractivity contribution in [3.8, 4) is 5.75 Å². The number of halogens is 1. The molecule has 104 valence electrons. The molecule has 0 aliphatic heterocycles. The SMILES string of the molecule is CCOc1ccccc1CO/N=C/c1ccc(Br)cc1. The van der Waals surface area contributed by atoms with Crippen molar-refractivity contribution in [3.05, 3.63) is 64.1 Å². The van der Waals surface area contributed by atoms with Crippen molar-refractivity contribution in [1.82, 2.24) is 0 Å². The van der Waals surface area contributed by atoms with Crippen LogP contribution >= 0.6 is 15.9 Å². The summed E-state index contributed by atoms with van der Waals surface area (Å²) in [6.07, 6.45) is 1.69. The van der Waals surface area contributed by atoms with Gasteiger partial charge in [0, 0.05) is 10.0 Å². The van der Waals surface area contributed by atoms with Gasteiger partial charge in [0.25, 0.3) is 0 Å². The van der Waals surface area contributed by atoms with Gasteiger partial charge in [-0.2, -0.15) is 0 Å². The van der Waals surface area contributed by atoms with Crippen molar-refractivity contribution in [1.29, 1.82) is 0 Å². The summed E-state index contributed by atoms with van der Waals surface area (Å²) in [4.78, 5) is 5.32. The normalized spacial score (nSPS) is 10.7. The van der Waals surface area contributed by atoms with E-state index >= 15 is 0 Å². The highest BCUT2D eigenvalue weighted by atomic mass is 79.9. The molecule has 0 amide bonds. The maximum absolute atomic E-state index is 5.53. The molecule has 0 unspecified atom stereocenters. The second-order valence-electron chi connectivity index (χ2n) is 4.10. The third-order valence-electron chi connectivity index (χ3n) is 2.64. The standard InChI is InChI=1S/C16H16BrNO2/c1-2-19-16-6-4-3-5-14(16)12-20-18-11-13-7-9-15(17)10-8-13/h3-11H,2,12H2,1H3/b18-11+. The maximum atomic E-state index is 5.53. The average Bonchev–Trinajstić information content (AvgIpc) is 2.47. The average molecular weight is 334 g/mol. The molecular weight excluding hydrogens is 318 g/mol. The summed E-state index contributed by atoms with van der Waals surface area (Å²) in [5.74, 6) is 0.842. The van der Waals surface area contributed by atoms with Crippen LogP contribution in [0.1, 0.15) is 18.1 Å². The predicted octanol–water partition coefficient (Wildman–Crippen LogP) is 4.40. The number of nitrogens with zero attached hydrogens (tertiary/aromatic N) is 1. The Morgan fingerprint density at radius 2 is 1.85 bits per heavy atom. The predicted molar refractivity (Wildman–Crippen MR) is 84.1 cm³/mol. The number of hydrogen-bond donors (Lipinski definition) is 0. The summed E-state index contributed by atoms with van der Waals surface area (Å²) in [7, 11) is 0. The molecular formula is C16H16BrNO2. The lowest BCUT2D eigenvalue weighted by Gasteiger charge is -2.08. The molecule has 0 bridgehead atoms. The van der Waals surface area contributed by atoms with Crippen molar-refractivity contribution in [2.75, 3.05) is 6.61 Å². The topological polar surface area (TPSA) is 30.8 Å². The van der Waals surface area contributed by atoms with Gasteiger partial charge in [0.2, 0.25) is 0 Å². The van der Waals surface area contributed by atoms with E-state index in [1.54, 1.807) is 6.21 Å². The largest absolute Gasteiger partial charge is 0.493 e. The molecule has 0 heterocycles. The van der Waals surface area contributed by atoms with Crippen molar-refractivity contribution < 1.29 is 9.57 Å². The van der Waals surface area contributed by atoms with Crippen LogP contribution in [0, 0.1) is 0 Å². The number of ether oxygens (including phenoxy) is 1. The minimum atomic E-state index is 0.392. The van der Waals surface area contributed by atoms with Gasteiger partial charge in [-0.1, -0.05) is 51.4 Å². The fourth-order valence-corrected chi connectivity index (χ4v) is 1.94. The maximum Gasteiger partial charge on any atom is 0.145 e. The quantitative estimate of drug-likeness (QED) is 0.579. The Bertz CT molecular complexity index is 567. The Morgan fingerprint density at radius 3 is 2.60 bits per heavy atom. The summed E-state index contributed by atoms with van der Waals surface area (Å²) in [5.41, 5.74) is 1.98. The first-order valence-corrected chi connectivity index (χ1v) is 7.20. The number of oxime groups is 1. The van der Waals surface area contributed by atoms with E-state index in [4.69, 9.17) is 9.57 Å². The summed E-state index contributed by atoms with van der Waals surface area (Å²) in [5, 5.41) is 3.97. The molecule has 3 nitrogen and oxygen atoms in total. The summed E-state index contributed by atoms with van der Waals surface area (Å²) in [6, 6.07) is 15.7. The zero-order chi connectivity index (χ0) is 14.2. The Balaban J connectivity index is 1.91. The molecule has 0 spiro atoms. The van der Waals surface area contributed by atoms with Crippen molar-refractivity contribution in [2.24, 2.45) is 5.16 Å². The van der Waals surface area contributed by atoms with E-state index in [2.05, 4.69) is 21.1 Å². The third kappa shape index (κ3) is 4.38. The van der Waals surface area contributed by atoms with E-state index in [-0.39, 0.29) is 0 Å². The first-order chi connectivity index (χ1) is 9.79. The lowest BCUT2D eigenvalue weighted by molar-refractivity contribution is 0.129. The number of hydrogen-bond acceptors (Lipinski definition) is 3. The molecule has 0 aliphatic rings. The molecule has 2 aromatic carbocycles. The molecule has 2 aromatic rings. The monoisotopic (exact) mass is 333 g/mol. The van der Waals surface area contributed by atoms with E-state index in [1.807, 2.05) is 55.5 Å². The Hall–Kier alpha value is -1.81. The molecule has 0 atom stereocenters. The van der Waals surface area contributed by atoms with Gasteiger partial charge in [0.15, 0.2) is 0 Å². The lowest BCUT2D eigenvalue weighted by atomic mass is 10.2. The van der Waals surface area contributed by atoms with Gasteiger partial charge in [-0.25, -0.2) is 0 Å². The Morgan fingerprint density at radius 1 is 1.10 bits per heavy atom. The van der Waals surface area contributed by atoms with Crippen LogP contribution in [0.15, 0.2) is 58.2 Å². The van der Waals surface area contributed by atoms with Crippen LogP contribution in [0.3, 0.4) is 0 Å². The first kappa shape index (κ1) is 14.6. The zero-order valence-electron chi connectivity index (χ0n) is 11.3. The van der Waals surface area contributed by atoms with Crippen LogP contribution in [0.25, 0.3) is 0 Å². The van der Waals surface area contributed by atoms with Crippen LogP contribution in [0.5, 0.6) is 5.75 Å². The molecule has 0 aromatic heterocycles. The minimum Gasteiger partial charge on any atom is -0.493 e. The molecule has 20 heavy (non-hydrogen) atoms. The molecule has 0 saturated carbocycles. The van der Waals surface area contributed by atoms with Crippen LogP contribution in [0.2, 0.25) is 0 Å². The zero-order valence-corrected chi connectivity index (χ0v) is 12.8. The summed E-state index contributed by atoms with van der Waals surface area (Å²) < 4.78 is 6.57. The number of para-hydroxylation sites is 1. The smallest absolute Gasteiger partial charge is 0.145 e. The van der Waals surface area contributed by atoms with Gasteiger partial charge in [-0.3, -0.25) is 0 Å². The highest BCUT2D eigenvalue weighted by Gasteiger charge is 2.01. The Labute approximate surface area is 127 Å². The molecule has 0 aliphatic carbocycles. The third-order valence-corrected chi connectivity index (χ3v) is 3.17. The highest BCUT2D eigenvalue weighted by Crippen LogP contribution is 2.18. The van der Waals surface area contributed by atoms with Crippen LogP contribution in [0.4, 0.5) is 0 Å².